The molecule has 0 unspecified atom stereocenters. The predicted molar refractivity (Wildman–Crippen MR) is 217 cm³/mol. The highest BCUT2D eigenvalue weighted by Crippen LogP contribution is 2.46. The minimum atomic E-state index is 0.715. The molecule has 0 aliphatic heterocycles. The van der Waals surface area contributed by atoms with Crippen molar-refractivity contribution in [1.82, 2.24) is 9.97 Å². The Bertz CT molecular complexity index is 2830. The van der Waals surface area contributed by atoms with E-state index in [2.05, 4.69) is 158 Å². The topological polar surface area (TPSA) is 25.8 Å². The van der Waals surface area contributed by atoms with E-state index in [9.17, 15) is 0 Å². The molecule has 238 valence electrons. The minimum Gasteiger partial charge on any atom is -0.228 e. The van der Waals surface area contributed by atoms with Crippen LogP contribution in [0.15, 0.2) is 182 Å². The number of aromatic nitrogens is 2. The molecule has 2 aromatic heterocycles. The number of hydrogen-bond donors (Lipinski definition) is 0. The van der Waals surface area contributed by atoms with Crippen molar-refractivity contribution < 1.29 is 0 Å². The van der Waals surface area contributed by atoms with Gasteiger partial charge in [0.05, 0.1) is 11.4 Å². The van der Waals surface area contributed by atoms with Crippen molar-refractivity contribution in [3.05, 3.63) is 182 Å². The van der Waals surface area contributed by atoms with Gasteiger partial charge in [0.1, 0.15) is 0 Å². The summed E-state index contributed by atoms with van der Waals surface area (Å²) in [5, 5.41) is 7.60. The van der Waals surface area contributed by atoms with Crippen LogP contribution in [-0.2, 0) is 0 Å². The molecule has 0 radical (unpaired) electrons. The van der Waals surface area contributed by atoms with Gasteiger partial charge in [-0.15, -0.1) is 11.3 Å². The number of thiophene rings is 1. The average molecular weight is 667 g/mol. The molecule has 0 saturated carbocycles. The van der Waals surface area contributed by atoms with Crippen molar-refractivity contribution in [3.8, 4) is 56.2 Å². The maximum absolute atomic E-state index is 5.28. The summed E-state index contributed by atoms with van der Waals surface area (Å²) in [7, 11) is 0. The first-order chi connectivity index (χ1) is 25.3. The van der Waals surface area contributed by atoms with Crippen molar-refractivity contribution in [2.24, 2.45) is 0 Å². The third-order valence-corrected chi connectivity index (χ3v) is 11.0. The maximum Gasteiger partial charge on any atom is 0.160 e. The molecule has 0 fully saturated rings. The molecule has 0 N–H and O–H groups in total. The van der Waals surface area contributed by atoms with E-state index in [-0.39, 0.29) is 0 Å². The van der Waals surface area contributed by atoms with Crippen LogP contribution in [0.5, 0.6) is 0 Å². The molecular weight excluding hydrogens is 637 g/mol. The molecule has 0 bridgehead atoms. The summed E-state index contributed by atoms with van der Waals surface area (Å²) in [5.41, 5.74) is 9.74. The van der Waals surface area contributed by atoms with Crippen LogP contribution in [0.1, 0.15) is 0 Å². The lowest BCUT2D eigenvalue weighted by atomic mass is 9.89. The van der Waals surface area contributed by atoms with Crippen LogP contribution in [-0.4, -0.2) is 9.97 Å². The fourth-order valence-corrected chi connectivity index (χ4v) is 8.61. The fraction of sp³-hybridized carbons (Fsp3) is 0. The summed E-state index contributed by atoms with van der Waals surface area (Å²) in [6.07, 6.45) is 0. The second kappa shape index (κ2) is 12.2. The van der Waals surface area contributed by atoms with Gasteiger partial charge in [0.2, 0.25) is 0 Å². The van der Waals surface area contributed by atoms with Gasteiger partial charge < -0.3 is 0 Å². The Hall–Kier alpha value is -6.42. The van der Waals surface area contributed by atoms with Crippen LogP contribution in [0.3, 0.4) is 0 Å². The van der Waals surface area contributed by atoms with Crippen molar-refractivity contribution in [3.63, 3.8) is 0 Å². The number of nitrogens with zero attached hydrogens (tertiary/aromatic N) is 2. The predicted octanol–water partition coefficient (Wildman–Crippen LogP) is 13.5. The number of benzene rings is 8. The van der Waals surface area contributed by atoms with Crippen molar-refractivity contribution >= 4 is 53.1 Å². The van der Waals surface area contributed by atoms with Crippen LogP contribution in [0.2, 0.25) is 0 Å². The SMILES string of the molecule is c1ccc(-c2cc(-c3ccc4sc5ccccc5c4c3-c3ccc(-c4cc5ccccc5c5ccccc45)cc3)nc(-c3ccccc3)n2)cc1. The Kier molecular flexibility index (Phi) is 7.04. The molecule has 0 aliphatic carbocycles. The monoisotopic (exact) mass is 666 g/mol. The first-order valence-corrected chi connectivity index (χ1v) is 18.1. The molecule has 0 saturated heterocycles. The quantitative estimate of drug-likeness (QED) is 0.171. The lowest BCUT2D eigenvalue weighted by molar-refractivity contribution is 1.18. The molecule has 8 aromatic carbocycles. The third-order valence-electron chi connectivity index (χ3n) is 9.90. The van der Waals surface area contributed by atoms with E-state index >= 15 is 0 Å². The molecule has 0 amide bonds. The summed E-state index contributed by atoms with van der Waals surface area (Å²) < 4.78 is 2.54. The largest absolute Gasteiger partial charge is 0.228 e. The minimum absolute atomic E-state index is 0.715. The average Bonchev–Trinajstić information content (AvgIpc) is 3.60. The second-order valence-corrected chi connectivity index (χ2v) is 14.0. The molecular formula is C48H30N2S. The van der Waals surface area contributed by atoms with Crippen molar-refractivity contribution in [2.45, 2.75) is 0 Å². The van der Waals surface area contributed by atoms with Gasteiger partial charge in [0, 0.05) is 42.4 Å². The summed E-state index contributed by atoms with van der Waals surface area (Å²) in [6, 6.07) is 65.0. The van der Waals surface area contributed by atoms with Crippen LogP contribution >= 0.6 is 11.3 Å². The van der Waals surface area contributed by atoms with Gasteiger partial charge in [-0.1, -0.05) is 158 Å². The highest BCUT2D eigenvalue weighted by molar-refractivity contribution is 7.26. The van der Waals surface area contributed by atoms with E-state index in [1.165, 1.54) is 58.4 Å². The fourth-order valence-electron chi connectivity index (χ4n) is 7.50. The highest BCUT2D eigenvalue weighted by atomic mass is 32.1. The van der Waals surface area contributed by atoms with E-state index in [0.717, 1.165) is 33.6 Å². The molecule has 2 nitrogen and oxygen atoms in total. The van der Waals surface area contributed by atoms with Crippen LogP contribution in [0.4, 0.5) is 0 Å². The standard InChI is InChI=1S/C48H30N2S/c1-3-13-32(14-4-1)42-30-43(50-48(49-42)34-15-5-2-6-16-34)39-27-28-45-47(40-21-11-12-22-44(40)51-45)46(39)33-25-23-31(24-26-33)41-29-35-17-7-8-18-36(35)37-19-9-10-20-38(37)41/h1-30H. The Morgan fingerprint density at radius 1 is 0.353 bits per heavy atom. The van der Waals surface area contributed by atoms with Gasteiger partial charge in [-0.25, -0.2) is 9.97 Å². The van der Waals surface area contributed by atoms with Gasteiger partial charge in [0.15, 0.2) is 5.82 Å². The lowest BCUT2D eigenvalue weighted by Gasteiger charge is -2.16. The normalized spacial score (nSPS) is 11.5. The Morgan fingerprint density at radius 2 is 0.961 bits per heavy atom. The van der Waals surface area contributed by atoms with Crippen molar-refractivity contribution in [1.29, 1.82) is 0 Å². The summed E-state index contributed by atoms with van der Waals surface area (Å²) in [5.74, 6) is 0.715. The maximum atomic E-state index is 5.28. The molecule has 0 aliphatic rings. The molecule has 10 aromatic rings. The summed E-state index contributed by atoms with van der Waals surface area (Å²) in [6.45, 7) is 0. The van der Waals surface area contributed by atoms with Crippen LogP contribution in [0, 0.1) is 0 Å². The zero-order valence-electron chi connectivity index (χ0n) is 27.6. The first-order valence-electron chi connectivity index (χ1n) is 17.2. The zero-order chi connectivity index (χ0) is 33.7. The molecule has 0 atom stereocenters. The summed E-state index contributed by atoms with van der Waals surface area (Å²) in [4.78, 5) is 10.4. The Balaban J connectivity index is 1.21. The smallest absolute Gasteiger partial charge is 0.160 e. The molecule has 10 rings (SSSR count). The first kappa shape index (κ1) is 29.5. The number of hydrogen-bond acceptors (Lipinski definition) is 3. The lowest BCUT2D eigenvalue weighted by Crippen LogP contribution is -1.97. The highest BCUT2D eigenvalue weighted by Gasteiger charge is 2.20. The third kappa shape index (κ3) is 5.10. The zero-order valence-corrected chi connectivity index (χ0v) is 28.4. The van der Waals surface area contributed by atoms with Gasteiger partial charge in [-0.2, -0.15) is 0 Å². The van der Waals surface area contributed by atoms with E-state index in [1.807, 2.05) is 35.6 Å². The van der Waals surface area contributed by atoms with E-state index in [1.54, 1.807) is 0 Å². The molecule has 0 spiro atoms. The summed E-state index contributed by atoms with van der Waals surface area (Å²) >= 11 is 1.84. The van der Waals surface area contributed by atoms with Gasteiger partial charge in [0.25, 0.3) is 0 Å². The second-order valence-electron chi connectivity index (χ2n) is 12.9. The van der Waals surface area contributed by atoms with E-state index < -0.39 is 0 Å². The van der Waals surface area contributed by atoms with Crippen LogP contribution in [0.25, 0.3) is 97.9 Å². The molecule has 2 heterocycles. The van der Waals surface area contributed by atoms with Crippen LogP contribution < -0.4 is 0 Å². The van der Waals surface area contributed by atoms with Crippen molar-refractivity contribution in [2.75, 3.05) is 0 Å². The van der Waals surface area contributed by atoms with E-state index in [0.29, 0.717) is 5.82 Å². The van der Waals surface area contributed by atoms with E-state index in [4.69, 9.17) is 9.97 Å². The Labute approximate surface area is 300 Å². The number of rotatable bonds is 5. The number of fused-ring (bicyclic) bond motifs is 6. The molecule has 51 heavy (non-hydrogen) atoms. The van der Waals surface area contributed by atoms with Gasteiger partial charge in [-0.05, 0) is 62.5 Å². The van der Waals surface area contributed by atoms with Gasteiger partial charge >= 0.3 is 0 Å². The van der Waals surface area contributed by atoms with Gasteiger partial charge in [-0.3, -0.25) is 0 Å². The molecule has 3 heteroatoms. The Morgan fingerprint density at radius 3 is 1.75 bits per heavy atom.